The molecule has 0 aromatic carbocycles. The fourth-order valence-corrected chi connectivity index (χ4v) is 2.59. The molecule has 1 aromatic rings. The van der Waals surface area contributed by atoms with E-state index < -0.39 is 0 Å². The van der Waals surface area contributed by atoms with Crippen molar-refractivity contribution < 1.29 is 9.53 Å². The number of carbonyl (C=O) groups excluding carboxylic acids is 1. The minimum atomic E-state index is -0.205. The molecule has 1 atom stereocenters. The van der Waals surface area contributed by atoms with E-state index in [9.17, 15) is 4.79 Å². The highest BCUT2D eigenvalue weighted by molar-refractivity contribution is 9.10. The minimum absolute atomic E-state index is 0.169. The van der Waals surface area contributed by atoms with Gasteiger partial charge in [-0.2, -0.15) is 0 Å². The third-order valence-electron chi connectivity index (χ3n) is 2.02. The third kappa shape index (κ3) is 4.22. The first-order valence-corrected chi connectivity index (χ1v) is 7.00. The van der Waals surface area contributed by atoms with Gasteiger partial charge in [0.25, 0.3) is 0 Å². The molecule has 3 nitrogen and oxygen atoms in total. The lowest BCUT2D eigenvalue weighted by Gasteiger charge is -2.17. The molecule has 0 aliphatic rings. The van der Waals surface area contributed by atoms with E-state index in [0.717, 1.165) is 16.0 Å². The van der Waals surface area contributed by atoms with Gasteiger partial charge in [0.1, 0.15) is 9.61 Å². The lowest BCUT2D eigenvalue weighted by atomic mass is 10.1. The van der Waals surface area contributed by atoms with Gasteiger partial charge in [-0.15, -0.1) is 11.3 Å². The Morgan fingerprint density at radius 3 is 2.75 bits per heavy atom. The number of aromatic nitrogens is 1. The third-order valence-corrected chi connectivity index (χ3v) is 3.66. The Balaban J connectivity index is 2.74. The van der Waals surface area contributed by atoms with E-state index in [2.05, 4.69) is 34.8 Å². The van der Waals surface area contributed by atoms with Gasteiger partial charge in [0, 0.05) is 11.8 Å². The summed E-state index contributed by atoms with van der Waals surface area (Å²) in [5.41, 5.74) is 0. The summed E-state index contributed by atoms with van der Waals surface area (Å²) < 4.78 is 6.20. The number of halogens is 1. The first kappa shape index (κ1) is 13.6. The van der Waals surface area contributed by atoms with Crippen LogP contribution in [0, 0.1) is 5.92 Å². The molecule has 0 fully saturated rings. The number of nitrogens with zero attached hydrogens (tertiary/aromatic N) is 1. The van der Waals surface area contributed by atoms with Crippen molar-refractivity contribution in [3.63, 3.8) is 0 Å². The zero-order chi connectivity index (χ0) is 12.1. The molecule has 1 aromatic heterocycles. The zero-order valence-electron chi connectivity index (χ0n) is 9.70. The molecule has 1 heterocycles. The standard InChI is InChI=1S/C11H16BrNO2S/c1-4-10(14)15-8(5-7(2)3)11-13-9(12)6-16-11/h6-8H,4-5H2,1-3H3. The molecule has 16 heavy (non-hydrogen) atoms. The second kappa shape index (κ2) is 6.35. The Kier molecular flexibility index (Phi) is 5.41. The minimum Gasteiger partial charge on any atom is -0.455 e. The van der Waals surface area contributed by atoms with E-state index in [1.54, 1.807) is 6.92 Å². The van der Waals surface area contributed by atoms with E-state index in [1.165, 1.54) is 11.3 Å². The summed E-state index contributed by atoms with van der Waals surface area (Å²) in [6, 6.07) is 0. The van der Waals surface area contributed by atoms with Gasteiger partial charge in [-0.3, -0.25) is 4.79 Å². The summed E-state index contributed by atoms with van der Waals surface area (Å²) >= 11 is 4.83. The number of rotatable bonds is 5. The predicted molar refractivity (Wildman–Crippen MR) is 68.4 cm³/mol. The highest BCUT2D eigenvalue weighted by Gasteiger charge is 2.20. The molecule has 5 heteroatoms. The maximum Gasteiger partial charge on any atom is 0.306 e. The van der Waals surface area contributed by atoms with Crippen LogP contribution in [0.15, 0.2) is 9.98 Å². The molecule has 0 aliphatic heterocycles. The van der Waals surface area contributed by atoms with Crippen LogP contribution in [-0.2, 0) is 9.53 Å². The zero-order valence-corrected chi connectivity index (χ0v) is 12.1. The topological polar surface area (TPSA) is 39.2 Å². The molecule has 0 aliphatic carbocycles. The van der Waals surface area contributed by atoms with Gasteiger partial charge in [-0.25, -0.2) is 4.98 Å². The molecule has 90 valence electrons. The molecule has 0 amide bonds. The van der Waals surface area contributed by atoms with Gasteiger partial charge in [-0.1, -0.05) is 20.8 Å². The number of thiazole rings is 1. The van der Waals surface area contributed by atoms with Crippen molar-refractivity contribution >= 4 is 33.2 Å². The van der Waals surface area contributed by atoms with Gasteiger partial charge < -0.3 is 4.74 Å². The van der Waals surface area contributed by atoms with Crippen LogP contribution >= 0.6 is 27.3 Å². The van der Waals surface area contributed by atoms with E-state index in [0.29, 0.717) is 12.3 Å². The van der Waals surface area contributed by atoms with Crippen molar-refractivity contribution in [3.05, 3.63) is 15.0 Å². The molecule has 0 bridgehead atoms. The van der Waals surface area contributed by atoms with Gasteiger partial charge in [-0.05, 0) is 28.3 Å². The lowest BCUT2D eigenvalue weighted by Crippen LogP contribution is -2.12. The van der Waals surface area contributed by atoms with Crippen molar-refractivity contribution in [2.75, 3.05) is 0 Å². The summed E-state index contributed by atoms with van der Waals surface area (Å²) in [5.74, 6) is 0.300. The van der Waals surface area contributed by atoms with Crippen LogP contribution in [0.3, 0.4) is 0 Å². The monoisotopic (exact) mass is 305 g/mol. The SMILES string of the molecule is CCC(=O)OC(CC(C)C)c1nc(Br)cs1. The first-order valence-electron chi connectivity index (χ1n) is 5.33. The molecular formula is C11H16BrNO2S. The van der Waals surface area contributed by atoms with Crippen LogP contribution in [0.25, 0.3) is 0 Å². The van der Waals surface area contributed by atoms with E-state index in [4.69, 9.17) is 4.74 Å². The van der Waals surface area contributed by atoms with Crippen LogP contribution in [0.2, 0.25) is 0 Å². The largest absolute Gasteiger partial charge is 0.455 e. The fraction of sp³-hybridized carbons (Fsp3) is 0.636. The normalized spacial score (nSPS) is 12.8. The number of esters is 1. The highest BCUT2D eigenvalue weighted by atomic mass is 79.9. The molecule has 0 saturated heterocycles. The number of hydrogen-bond acceptors (Lipinski definition) is 4. The van der Waals surface area contributed by atoms with Crippen molar-refractivity contribution in [1.82, 2.24) is 4.98 Å². The maximum atomic E-state index is 11.3. The van der Waals surface area contributed by atoms with Crippen LogP contribution < -0.4 is 0 Å². The molecule has 0 saturated carbocycles. The molecule has 1 unspecified atom stereocenters. The fourth-order valence-electron chi connectivity index (χ4n) is 1.28. The maximum absolute atomic E-state index is 11.3. The van der Waals surface area contributed by atoms with Crippen molar-refractivity contribution in [2.45, 2.75) is 39.7 Å². The van der Waals surface area contributed by atoms with Gasteiger partial charge in [0.15, 0.2) is 6.10 Å². The molecular weight excluding hydrogens is 290 g/mol. The molecule has 0 spiro atoms. The quantitative estimate of drug-likeness (QED) is 0.773. The number of hydrogen-bond donors (Lipinski definition) is 0. The first-order chi connectivity index (χ1) is 7.52. The smallest absolute Gasteiger partial charge is 0.306 e. The van der Waals surface area contributed by atoms with Crippen molar-refractivity contribution in [1.29, 1.82) is 0 Å². The lowest BCUT2D eigenvalue weighted by molar-refractivity contribution is -0.149. The average Bonchev–Trinajstić information content (AvgIpc) is 2.63. The Bertz CT molecular complexity index is 352. The number of carbonyl (C=O) groups is 1. The van der Waals surface area contributed by atoms with Crippen LogP contribution in [0.1, 0.15) is 44.7 Å². The second-order valence-corrected chi connectivity index (χ2v) is 5.67. The van der Waals surface area contributed by atoms with Gasteiger partial charge >= 0.3 is 5.97 Å². The van der Waals surface area contributed by atoms with Crippen LogP contribution in [0.5, 0.6) is 0 Å². The Morgan fingerprint density at radius 1 is 1.62 bits per heavy atom. The summed E-state index contributed by atoms with van der Waals surface area (Å²) in [7, 11) is 0. The Labute approximate surface area is 108 Å². The van der Waals surface area contributed by atoms with Crippen molar-refractivity contribution in [2.24, 2.45) is 5.92 Å². The summed E-state index contributed by atoms with van der Waals surface area (Å²) in [4.78, 5) is 15.6. The van der Waals surface area contributed by atoms with Crippen LogP contribution in [-0.4, -0.2) is 11.0 Å². The molecule has 0 radical (unpaired) electrons. The summed E-state index contributed by atoms with van der Waals surface area (Å²) in [6.45, 7) is 6.01. The Hall–Kier alpha value is -0.420. The van der Waals surface area contributed by atoms with E-state index >= 15 is 0 Å². The molecule has 1 rings (SSSR count). The van der Waals surface area contributed by atoms with E-state index in [-0.39, 0.29) is 12.1 Å². The Morgan fingerprint density at radius 2 is 2.31 bits per heavy atom. The average molecular weight is 306 g/mol. The summed E-state index contributed by atoms with van der Waals surface area (Å²) in [5, 5.41) is 2.77. The van der Waals surface area contributed by atoms with Crippen LogP contribution in [0.4, 0.5) is 0 Å². The van der Waals surface area contributed by atoms with Gasteiger partial charge in [0.2, 0.25) is 0 Å². The predicted octanol–water partition coefficient (Wildman–Crippen LogP) is 3.95. The molecule has 0 N–H and O–H groups in total. The highest BCUT2D eigenvalue weighted by Crippen LogP contribution is 2.29. The summed E-state index contributed by atoms with van der Waals surface area (Å²) in [6.07, 6.45) is 1.01. The van der Waals surface area contributed by atoms with Gasteiger partial charge in [0.05, 0.1) is 0 Å². The van der Waals surface area contributed by atoms with Crippen molar-refractivity contribution in [3.8, 4) is 0 Å². The number of ether oxygens (including phenoxy) is 1. The second-order valence-electron chi connectivity index (χ2n) is 3.97. The van der Waals surface area contributed by atoms with E-state index in [1.807, 2.05) is 5.38 Å².